The lowest BCUT2D eigenvalue weighted by Gasteiger charge is -2.25. The Morgan fingerprint density at radius 3 is 2.45 bits per heavy atom. The Morgan fingerprint density at radius 2 is 1.83 bits per heavy atom. The second-order valence-electron chi connectivity index (χ2n) is 8.69. The third-order valence-corrected chi connectivity index (χ3v) is 5.34. The van der Waals surface area contributed by atoms with E-state index >= 15 is 0 Å². The van der Waals surface area contributed by atoms with E-state index in [4.69, 9.17) is 4.52 Å². The van der Waals surface area contributed by atoms with Gasteiger partial charge in [-0.2, -0.15) is 4.98 Å². The second kappa shape index (κ2) is 10.7. The Morgan fingerprint density at radius 1 is 1.10 bits per heavy atom. The van der Waals surface area contributed by atoms with Crippen LogP contribution in [-0.2, 0) is 21.4 Å². The normalized spacial score (nSPS) is 16.0. The van der Waals surface area contributed by atoms with Gasteiger partial charge in [-0.1, -0.05) is 25.9 Å². The lowest BCUT2D eigenvalue weighted by Crippen LogP contribution is -2.42. The quantitative estimate of drug-likeness (QED) is 0.656. The van der Waals surface area contributed by atoms with Crippen LogP contribution < -0.4 is 0 Å². The van der Waals surface area contributed by atoms with Gasteiger partial charge in [-0.25, -0.2) is 0 Å². The smallest absolute Gasteiger partial charge is 0.236 e. The Labute approximate surface area is 174 Å². The highest BCUT2D eigenvalue weighted by atomic mass is 16.5. The van der Waals surface area contributed by atoms with Gasteiger partial charge < -0.3 is 14.3 Å². The highest BCUT2D eigenvalue weighted by Gasteiger charge is 2.23. The number of carbonyl (C=O) groups excluding carboxylic acids is 2. The Bertz CT molecular complexity index is 664. The van der Waals surface area contributed by atoms with Crippen LogP contribution in [0.3, 0.4) is 0 Å². The molecule has 1 fully saturated rings. The molecule has 0 bridgehead atoms. The van der Waals surface area contributed by atoms with Crippen molar-refractivity contribution in [1.29, 1.82) is 0 Å². The minimum absolute atomic E-state index is 0.137. The molecule has 0 N–H and O–H groups in total. The van der Waals surface area contributed by atoms with Crippen molar-refractivity contribution in [3.63, 3.8) is 0 Å². The predicted octanol–water partition coefficient (Wildman–Crippen LogP) is 2.09. The Hall–Kier alpha value is -1.96. The number of nitrogens with zero attached hydrogens (tertiary/aromatic N) is 5. The molecule has 2 rings (SSSR count). The van der Waals surface area contributed by atoms with Gasteiger partial charge in [-0.3, -0.25) is 14.5 Å². The van der Waals surface area contributed by atoms with E-state index in [9.17, 15) is 9.59 Å². The molecule has 8 nitrogen and oxygen atoms in total. The van der Waals surface area contributed by atoms with Crippen LogP contribution in [0, 0.1) is 0 Å². The summed E-state index contributed by atoms with van der Waals surface area (Å²) in [6, 6.07) is 0. The summed E-state index contributed by atoms with van der Waals surface area (Å²) in [6.07, 6.45) is 2.69. The highest BCUT2D eigenvalue weighted by Crippen LogP contribution is 2.19. The van der Waals surface area contributed by atoms with Crippen molar-refractivity contribution in [2.75, 3.05) is 45.8 Å². The van der Waals surface area contributed by atoms with Crippen molar-refractivity contribution in [1.82, 2.24) is 24.8 Å². The molecule has 0 saturated carbocycles. The molecular weight excluding hydrogens is 370 g/mol. The molecule has 0 radical (unpaired) electrons. The summed E-state index contributed by atoms with van der Waals surface area (Å²) in [5.74, 6) is 1.63. The van der Waals surface area contributed by atoms with Crippen LogP contribution in [-0.4, -0.2) is 82.5 Å². The van der Waals surface area contributed by atoms with E-state index in [-0.39, 0.29) is 17.2 Å². The molecule has 2 amide bonds. The molecule has 0 atom stereocenters. The number of aryl methyl sites for hydroxylation is 1. The van der Waals surface area contributed by atoms with Crippen LogP contribution in [0.2, 0.25) is 0 Å². The van der Waals surface area contributed by atoms with Crippen molar-refractivity contribution in [3.8, 4) is 0 Å². The van der Waals surface area contributed by atoms with Gasteiger partial charge in [0.1, 0.15) is 0 Å². The van der Waals surface area contributed by atoms with Crippen LogP contribution in [0.1, 0.15) is 65.6 Å². The van der Waals surface area contributed by atoms with Crippen molar-refractivity contribution >= 4 is 11.8 Å². The molecule has 0 spiro atoms. The molecular formula is C21H37N5O3. The first-order chi connectivity index (χ1) is 13.7. The zero-order chi connectivity index (χ0) is 21.4. The molecule has 1 saturated heterocycles. The molecule has 29 heavy (non-hydrogen) atoms. The monoisotopic (exact) mass is 407 g/mol. The molecule has 0 aromatic carbocycles. The second-order valence-corrected chi connectivity index (χ2v) is 8.69. The highest BCUT2D eigenvalue weighted by molar-refractivity contribution is 5.78. The van der Waals surface area contributed by atoms with Crippen molar-refractivity contribution < 1.29 is 14.1 Å². The van der Waals surface area contributed by atoms with E-state index in [1.807, 2.05) is 44.4 Å². The summed E-state index contributed by atoms with van der Waals surface area (Å²) in [4.78, 5) is 35.3. The summed E-state index contributed by atoms with van der Waals surface area (Å²) in [6.45, 7) is 15.1. The molecule has 8 heteroatoms. The number of hydrogen-bond donors (Lipinski definition) is 0. The number of rotatable bonds is 8. The lowest BCUT2D eigenvalue weighted by atomic mass is 9.96. The largest absolute Gasteiger partial charge is 0.342 e. The van der Waals surface area contributed by atoms with Crippen LogP contribution in [0.25, 0.3) is 0 Å². The summed E-state index contributed by atoms with van der Waals surface area (Å²) in [5, 5.41) is 4.03. The van der Waals surface area contributed by atoms with E-state index < -0.39 is 0 Å². The number of aromatic nitrogens is 2. The fourth-order valence-electron chi connectivity index (χ4n) is 3.46. The lowest BCUT2D eigenvalue weighted by molar-refractivity contribution is -0.132. The van der Waals surface area contributed by atoms with E-state index in [0.717, 1.165) is 39.1 Å². The summed E-state index contributed by atoms with van der Waals surface area (Å²) >= 11 is 0. The fraction of sp³-hybridized carbons (Fsp3) is 0.810. The van der Waals surface area contributed by atoms with Gasteiger partial charge in [0.25, 0.3) is 0 Å². The minimum atomic E-state index is -0.137. The number of hydrogen-bond acceptors (Lipinski definition) is 6. The summed E-state index contributed by atoms with van der Waals surface area (Å²) in [7, 11) is 0. The van der Waals surface area contributed by atoms with Gasteiger partial charge in [0.2, 0.25) is 17.7 Å². The number of carbonyl (C=O) groups is 2. The standard InChI is InChI=1S/C21H37N5O3/c1-6-25(7-2)19(28)16-24-12-9-13-26(15-14-24)18(27)11-8-10-17-22-20(23-29-17)21(3,4)5/h6-16H2,1-5H3. The SMILES string of the molecule is CCN(CC)C(=O)CN1CCCN(C(=O)CCCc2nc(C(C)(C)C)no2)CC1. The Kier molecular flexibility index (Phi) is 8.61. The fourth-order valence-corrected chi connectivity index (χ4v) is 3.46. The van der Waals surface area contributed by atoms with Crippen molar-refractivity contribution in [3.05, 3.63) is 11.7 Å². The van der Waals surface area contributed by atoms with Crippen molar-refractivity contribution in [2.24, 2.45) is 0 Å². The molecule has 1 aromatic rings. The molecule has 164 valence electrons. The maximum Gasteiger partial charge on any atom is 0.236 e. The van der Waals surface area contributed by atoms with E-state index in [1.165, 1.54) is 0 Å². The maximum atomic E-state index is 12.6. The van der Waals surface area contributed by atoms with Crippen LogP contribution in [0.15, 0.2) is 4.52 Å². The predicted molar refractivity (Wildman–Crippen MR) is 112 cm³/mol. The number of amides is 2. The van der Waals surface area contributed by atoms with Gasteiger partial charge in [0, 0.05) is 57.5 Å². The first-order valence-corrected chi connectivity index (χ1v) is 10.9. The average molecular weight is 408 g/mol. The first-order valence-electron chi connectivity index (χ1n) is 10.9. The van der Waals surface area contributed by atoms with Crippen molar-refractivity contribution in [2.45, 2.75) is 65.7 Å². The Balaban J connectivity index is 1.75. The third kappa shape index (κ3) is 7.10. The zero-order valence-corrected chi connectivity index (χ0v) is 18.7. The molecule has 2 heterocycles. The van der Waals surface area contributed by atoms with Crippen LogP contribution in [0.4, 0.5) is 0 Å². The van der Waals surface area contributed by atoms with Gasteiger partial charge in [-0.15, -0.1) is 0 Å². The molecule has 0 unspecified atom stereocenters. The summed E-state index contributed by atoms with van der Waals surface area (Å²) in [5.41, 5.74) is -0.137. The molecule has 0 aliphatic carbocycles. The molecule has 1 aliphatic rings. The van der Waals surface area contributed by atoms with Gasteiger partial charge in [0.05, 0.1) is 6.54 Å². The number of likely N-dealkylation sites (N-methyl/N-ethyl adjacent to an activating group) is 1. The van der Waals surface area contributed by atoms with Gasteiger partial charge >= 0.3 is 0 Å². The van der Waals surface area contributed by atoms with E-state index in [2.05, 4.69) is 15.0 Å². The van der Waals surface area contributed by atoms with Crippen LogP contribution in [0.5, 0.6) is 0 Å². The average Bonchev–Trinajstić information content (AvgIpc) is 3.02. The van der Waals surface area contributed by atoms with E-state index in [1.54, 1.807) is 0 Å². The maximum absolute atomic E-state index is 12.6. The molecule has 1 aliphatic heterocycles. The van der Waals surface area contributed by atoms with Crippen LogP contribution >= 0.6 is 0 Å². The van der Waals surface area contributed by atoms with Gasteiger partial charge in [-0.05, 0) is 26.7 Å². The topological polar surface area (TPSA) is 82.8 Å². The zero-order valence-electron chi connectivity index (χ0n) is 18.7. The van der Waals surface area contributed by atoms with E-state index in [0.29, 0.717) is 44.1 Å². The third-order valence-electron chi connectivity index (χ3n) is 5.34. The van der Waals surface area contributed by atoms with Gasteiger partial charge in [0.15, 0.2) is 5.82 Å². The first kappa shape index (κ1) is 23.3. The summed E-state index contributed by atoms with van der Waals surface area (Å²) < 4.78 is 5.30. The minimum Gasteiger partial charge on any atom is -0.342 e. The molecule has 1 aromatic heterocycles.